The molecule has 0 spiro atoms. The standard InChI is InChI=1S/C16H15F4N/c1-21-15(6-10-4-13(18)9-14(19)5-10)8-11-7-12(17)2-3-16(11)20/h2-5,7,9,15,21H,6,8H2,1H3. The first-order chi connectivity index (χ1) is 9.97. The maximum Gasteiger partial charge on any atom is 0.126 e. The van der Waals surface area contributed by atoms with Gasteiger partial charge in [0.1, 0.15) is 23.3 Å². The first kappa shape index (κ1) is 15.5. The number of hydrogen-bond acceptors (Lipinski definition) is 1. The summed E-state index contributed by atoms with van der Waals surface area (Å²) in [5, 5.41) is 2.95. The Morgan fingerprint density at radius 2 is 1.52 bits per heavy atom. The lowest BCUT2D eigenvalue weighted by molar-refractivity contribution is 0.520. The molecule has 112 valence electrons. The molecule has 0 radical (unpaired) electrons. The van der Waals surface area contributed by atoms with Gasteiger partial charge in [0.05, 0.1) is 0 Å². The number of halogens is 4. The van der Waals surface area contributed by atoms with Gasteiger partial charge in [0.25, 0.3) is 0 Å². The van der Waals surface area contributed by atoms with Crippen LogP contribution in [0.3, 0.4) is 0 Å². The lowest BCUT2D eigenvalue weighted by atomic mass is 9.98. The molecule has 0 aliphatic heterocycles. The molecule has 21 heavy (non-hydrogen) atoms. The summed E-state index contributed by atoms with van der Waals surface area (Å²) in [5.41, 5.74) is 0.690. The summed E-state index contributed by atoms with van der Waals surface area (Å²) >= 11 is 0. The second kappa shape index (κ2) is 6.72. The zero-order chi connectivity index (χ0) is 15.4. The minimum atomic E-state index is -0.656. The van der Waals surface area contributed by atoms with E-state index in [0.717, 1.165) is 24.3 Å². The highest BCUT2D eigenvalue weighted by molar-refractivity contribution is 5.22. The SMILES string of the molecule is CNC(Cc1cc(F)cc(F)c1)Cc1cc(F)ccc1F. The first-order valence-corrected chi connectivity index (χ1v) is 6.54. The summed E-state index contributed by atoms with van der Waals surface area (Å²) < 4.78 is 53.1. The van der Waals surface area contributed by atoms with Crippen LogP contribution in [-0.2, 0) is 12.8 Å². The number of hydrogen-bond donors (Lipinski definition) is 1. The molecule has 1 nitrogen and oxygen atoms in total. The van der Waals surface area contributed by atoms with E-state index in [1.54, 1.807) is 7.05 Å². The van der Waals surface area contributed by atoms with E-state index >= 15 is 0 Å². The van der Waals surface area contributed by atoms with Crippen molar-refractivity contribution in [3.8, 4) is 0 Å². The van der Waals surface area contributed by atoms with Crippen LogP contribution >= 0.6 is 0 Å². The Morgan fingerprint density at radius 1 is 0.857 bits per heavy atom. The van der Waals surface area contributed by atoms with Gasteiger partial charge in [0.15, 0.2) is 0 Å². The molecule has 0 amide bonds. The molecule has 0 aromatic heterocycles. The maximum atomic E-state index is 13.6. The van der Waals surface area contributed by atoms with Crippen molar-refractivity contribution >= 4 is 0 Å². The Kier molecular flexibility index (Phi) is 4.96. The third-order valence-corrected chi connectivity index (χ3v) is 3.29. The Labute approximate surface area is 120 Å². The number of likely N-dealkylation sites (N-methyl/N-ethyl adjacent to an activating group) is 1. The molecular weight excluding hydrogens is 282 g/mol. The second-order valence-corrected chi connectivity index (χ2v) is 4.91. The van der Waals surface area contributed by atoms with Gasteiger partial charge < -0.3 is 5.32 Å². The van der Waals surface area contributed by atoms with Crippen LogP contribution in [-0.4, -0.2) is 13.1 Å². The highest BCUT2D eigenvalue weighted by Crippen LogP contribution is 2.15. The van der Waals surface area contributed by atoms with Crippen LogP contribution in [0.1, 0.15) is 11.1 Å². The van der Waals surface area contributed by atoms with Crippen molar-refractivity contribution in [2.75, 3.05) is 7.05 Å². The lowest BCUT2D eigenvalue weighted by Crippen LogP contribution is -2.30. The molecule has 0 saturated heterocycles. The van der Waals surface area contributed by atoms with Gasteiger partial charge in [-0.2, -0.15) is 0 Å². The summed E-state index contributed by atoms with van der Waals surface area (Å²) in [6.07, 6.45) is 0.527. The van der Waals surface area contributed by atoms with Crippen LogP contribution < -0.4 is 5.32 Å². The normalized spacial score (nSPS) is 12.4. The third kappa shape index (κ3) is 4.29. The highest BCUT2D eigenvalue weighted by atomic mass is 19.1. The van der Waals surface area contributed by atoms with Gasteiger partial charge in [-0.05, 0) is 61.3 Å². The van der Waals surface area contributed by atoms with Gasteiger partial charge in [0.2, 0.25) is 0 Å². The zero-order valence-electron chi connectivity index (χ0n) is 11.5. The topological polar surface area (TPSA) is 12.0 Å². The predicted octanol–water partition coefficient (Wildman–Crippen LogP) is 3.62. The van der Waals surface area contributed by atoms with Gasteiger partial charge >= 0.3 is 0 Å². The van der Waals surface area contributed by atoms with Crippen LogP contribution in [0.5, 0.6) is 0 Å². The van der Waals surface area contributed by atoms with Crippen LogP contribution in [0.25, 0.3) is 0 Å². The number of rotatable bonds is 5. The van der Waals surface area contributed by atoms with E-state index in [1.807, 2.05) is 0 Å². The largest absolute Gasteiger partial charge is 0.316 e. The van der Waals surface area contributed by atoms with E-state index in [4.69, 9.17) is 0 Å². The van der Waals surface area contributed by atoms with E-state index in [9.17, 15) is 17.6 Å². The smallest absolute Gasteiger partial charge is 0.126 e. The fraction of sp³-hybridized carbons (Fsp3) is 0.250. The molecule has 0 saturated carbocycles. The molecule has 0 aliphatic rings. The van der Waals surface area contributed by atoms with Crippen LogP contribution in [0.2, 0.25) is 0 Å². The minimum absolute atomic E-state index is 0.220. The maximum absolute atomic E-state index is 13.6. The average molecular weight is 297 g/mol. The molecule has 2 rings (SSSR count). The van der Waals surface area contributed by atoms with E-state index in [1.165, 1.54) is 12.1 Å². The third-order valence-electron chi connectivity index (χ3n) is 3.29. The minimum Gasteiger partial charge on any atom is -0.316 e. The molecule has 0 aliphatic carbocycles. The van der Waals surface area contributed by atoms with E-state index in [2.05, 4.69) is 5.32 Å². The molecule has 1 unspecified atom stereocenters. The molecule has 1 N–H and O–H groups in total. The van der Waals surface area contributed by atoms with Crippen molar-refractivity contribution < 1.29 is 17.6 Å². The van der Waals surface area contributed by atoms with Crippen LogP contribution in [0, 0.1) is 23.3 Å². The summed E-state index contributed by atoms with van der Waals surface area (Å²) in [4.78, 5) is 0. The monoisotopic (exact) mass is 297 g/mol. The van der Waals surface area contributed by atoms with Crippen LogP contribution in [0.15, 0.2) is 36.4 Å². The highest BCUT2D eigenvalue weighted by Gasteiger charge is 2.13. The number of nitrogens with one attached hydrogen (secondary N) is 1. The van der Waals surface area contributed by atoms with Gasteiger partial charge in [0, 0.05) is 12.1 Å². The van der Waals surface area contributed by atoms with Gasteiger partial charge in [-0.1, -0.05) is 0 Å². The van der Waals surface area contributed by atoms with Crippen molar-refractivity contribution in [2.45, 2.75) is 18.9 Å². The molecule has 0 heterocycles. The van der Waals surface area contributed by atoms with Crippen LogP contribution in [0.4, 0.5) is 17.6 Å². The Hall–Kier alpha value is -1.88. The van der Waals surface area contributed by atoms with Gasteiger partial charge in [-0.25, -0.2) is 17.6 Å². The molecule has 2 aromatic rings. The molecular formula is C16H15F4N. The Balaban J connectivity index is 2.14. The van der Waals surface area contributed by atoms with Gasteiger partial charge in [-0.15, -0.1) is 0 Å². The van der Waals surface area contributed by atoms with Crippen molar-refractivity contribution in [2.24, 2.45) is 0 Å². The molecule has 0 bridgehead atoms. The van der Waals surface area contributed by atoms with Crippen molar-refractivity contribution in [3.05, 3.63) is 70.8 Å². The second-order valence-electron chi connectivity index (χ2n) is 4.91. The molecule has 5 heteroatoms. The van der Waals surface area contributed by atoms with E-state index in [-0.39, 0.29) is 18.0 Å². The van der Waals surface area contributed by atoms with Crippen molar-refractivity contribution in [3.63, 3.8) is 0 Å². The summed E-state index contributed by atoms with van der Waals surface area (Å²) in [5.74, 6) is -2.33. The quantitative estimate of drug-likeness (QED) is 0.831. The molecule has 0 fully saturated rings. The predicted molar refractivity (Wildman–Crippen MR) is 73.0 cm³/mol. The summed E-state index contributed by atoms with van der Waals surface area (Å²) in [6, 6.07) is 6.25. The van der Waals surface area contributed by atoms with Gasteiger partial charge in [-0.3, -0.25) is 0 Å². The average Bonchev–Trinajstić information content (AvgIpc) is 2.41. The summed E-state index contributed by atoms with van der Waals surface area (Å²) in [7, 11) is 1.66. The molecule has 1 atom stereocenters. The van der Waals surface area contributed by atoms with Crippen molar-refractivity contribution in [1.82, 2.24) is 5.32 Å². The fourth-order valence-electron chi connectivity index (χ4n) is 2.25. The lowest BCUT2D eigenvalue weighted by Gasteiger charge is -2.17. The Bertz CT molecular complexity index is 607. The number of benzene rings is 2. The first-order valence-electron chi connectivity index (χ1n) is 6.54. The zero-order valence-corrected chi connectivity index (χ0v) is 11.5. The summed E-state index contributed by atoms with van der Waals surface area (Å²) in [6.45, 7) is 0. The Morgan fingerprint density at radius 3 is 2.14 bits per heavy atom. The van der Waals surface area contributed by atoms with E-state index < -0.39 is 23.3 Å². The fourth-order valence-corrected chi connectivity index (χ4v) is 2.25. The van der Waals surface area contributed by atoms with E-state index in [0.29, 0.717) is 12.0 Å². The molecule has 2 aromatic carbocycles. The van der Waals surface area contributed by atoms with Crippen molar-refractivity contribution in [1.29, 1.82) is 0 Å².